The summed E-state index contributed by atoms with van der Waals surface area (Å²) < 4.78 is 30.2. The number of fused-ring (bicyclic) bond motifs is 1. The lowest BCUT2D eigenvalue weighted by atomic mass is 10.00. The molecule has 2 nitrogen and oxygen atoms in total. The standard InChI is InChI=1S/C21H19ClF2N2/c22-16-6-4-15(5-7-16)14-26-12-2-11-25-10-1-3-20(25)21(26)18-9-8-17(23)13-19(18)24/h1,3-10,13,21H,2,11-12,14H2. The van der Waals surface area contributed by atoms with Gasteiger partial charge in [-0.1, -0.05) is 29.8 Å². The number of benzene rings is 2. The third kappa shape index (κ3) is 3.39. The molecule has 3 aromatic rings. The Morgan fingerprint density at radius 2 is 1.81 bits per heavy atom. The molecule has 0 aliphatic carbocycles. The van der Waals surface area contributed by atoms with Crippen molar-refractivity contribution in [2.75, 3.05) is 6.54 Å². The minimum atomic E-state index is -0.556. The smallest absolute Gasteiger partial charge is 0.131 e. The van der Waals surface area contributed by atoms with E-state index in [1.54, 1.807) is 6.07 Å². The maximum absolute atomic E-state index is 14.6. The van der Waals surface area contributed by atoms with E-state index in [0.717, 1.165) is 36.8 Å². The SMILES string of the molecule is Fc1ccc(C2c3cccn3CCCN2Cc2ccc(Cl)cc2)c(F)c1. The summed E-state index contributed by atoms with van der Waals surface area (Å²) in [6, 6.07) is 15.3. The average molecular weight is 373 g/mol. The second kappa shape index (κ2) is 7.22. The van der Waals surface area contributed by atoms with Gasteiger partial charge in [0.2, 0.25) is 0 Å². The average Bonchev–Trinajstić information content (AvgIpc) is 3.00. The van der Waals surface area contributed by atoms with Gasteiger partial charge in [0.1, 0.15) is 11.6 Å². The first kappa shape index (κ1) is 17.3. The third-order valence-electron chi connectivity index (χ3n) is 4.91. The Kier molecular flexibility index (Phi) is 4.79. The number of halogens is 3. The van der Waals surface area contributed by atoms with Gasteiger partial charge in [0.15, 0.2) is 0 Å². The van der Waals surface area contributed by atoms with E-state index in [0.29, 0.717) is 17.1 Å². The predicted octanol–water partition coefficient (Wildman–Crippen LogP) is 5.42. The van der Waals surface area contributed by atoms with Crippen molar-refractivity contribution >= 4 is 11.6 Å². The molecule has 2 aromatic carbocycles. The van der Waals surface area contributed by atoms with Crippen molar-refractivity contribution in [3.63, 3.8) is 0 Å². The second-order valence-electron chi connectivity index (χ2n) is 6.65. The Labute approximate surface area is 156 Å². The Hall–Kier alpha value is -2.17. The summed E-state index contributed by atoms with van der Waals surface area (Å²) in [4.78, 5) is 2.25. The number of hydrogen-bond acceptors (Lipinski definition) is 1. The van der Waals surface area contributed by atoms with E-state index in [1.165, 1.54) is 6.07 Å². The molecule has 2 heterocycles. The highest BCUT2D eigenvalue weighted by atomic mass is 35.5. The molecule has 1 aromatic heterocycles. The first-order chi connectivity index (χ1) is 12.6. The molecule has 0 saturated heterocycles. The molecule has 0 amide bonds. The van der Waals surface area contributed by atoms with Crippen LogP contribution in [0.3, 0.4) is 0 Å². The lowest BCUT2D eigenvalue weighted by Crippen LogP contribution is -2.30. The Morgan fingerprint density at radius 1 is 1.00 bits per heavy atom. The molecule has 0 radical (unpaired) electrons. The van der Waals surface area contributed by atoms with Crippen molar-refractivity contribution in [3.8, 4) is 0 Å². The Morgan fingerprint density at radius 3 is 2.58 bits per heavy atom. The highest BCUT2D eigenvalue weighted by Gasteiger charge is 2.29. The highest BCUT2D eigenvalue weighted by molar-refractivity contribution is 6.30. The van der Waals surface area contributed by atoms with Crippen molar-refractivity contribution in [1.29, 1.82) is 0 Å². The molecule has 1 unspecified atom stereocenters. The molecule has 1 aliphatic rings. The minimum absolute atomic E-state index is 0.260. The van der Waals surface area contributed by atoms with Crippen molar-refractivity contribution in [2.45, 2.75) is 25.6 Å². The van der Waals surface area contributed by atoms with Gasteiger partial charge in [-0.25, -0.2) is 8.78 Å². The molecule has 0 fully saturated rings. The molecule has 26 heavy (non-hydrogen) atoms. The fourth-order valence-corrected chi connectivity index (χ4v) is 3.84. The highest BCUT2D eigenvalue weighted by Crippen LogP contribution is 2.34. The lowest BCUT2D eigenvalue weighted by Gasteiger charge is -2.31. The molecule has 4 rings (SSSR count). The number of rotatable bonds is 3. The summed E-state index contributed by atoms with van der Waals surface area (Å²) in [5.41, 5.74) is 2.64. The van der Waals surface area contributed by atoms with Crippen LogP contribution in [0.1, 0.15) is 29.3 Å². The van der Waals surface area contributed by atoms with Gasteiger partial charge in [0.05, 0.1) is 6.04 Å². The van der Waals surface area contributed by atoms with Crippen LogP contribution < -0.4 is 0 Å². The molecule has 0 bridgehead atoms. The molecular formula is C21H19ClF2N2. The topological polar surface area (TPSA) is 8.17 Å². The summed E-state index contributed by atoms with van der Waals surface area (Å²) >= 11 is 5.99. The zero-order valence-electron chi connectivity index (χ0n) is 14.2. The summed E-state index contributed by atoms with van der Waals surface area (Å²) in [5.74, 6) is -1.06. The van der Waals surface area contributed by atoms with E-state index >= 15 is 0 Å². The lowest BCUT2D eigenvalue weighted by molar-refractivity contribution is 0.216. The monoisotopic (exact) mass is 372 g/mol. The number of aryl methyl sites for hydroxylation is 1. The normalized spacial score (nSPS) is 17.7. The fraction of sp³-hybridized carbons (Fsp3) is 0.238. The Balaban J connectivity index is 1.76. The fourth-order valence-electron chi connectivity index (χ4n) is 3.71. The first-order valence-electron chi connectivity index (χ1n) is 8.70. The van der Waals surface area contributed by atoms with Crippen LogP contribution in [0.2, 0.25) is 5.02 Å². The molecule has 0 spiro atoms. The van der Waals surface area contributed by atoms with Crippen molar-refractivity contribution < 1.29 is 8.78 Å². The van der Waals surface area contributed by atoms with E-state index < -0.39 is 11.6 Å². The van der Waals surface area contributed by atoms with Crippen molar-refractivity contribution in [2.24, 2.45) is 0 Å². The van der Waals surface area contributed by atoms with Crippen LogP contribution in [0, 0.1) is 11.6 Å². The van der Waals surface area contributed by atoms with E-state index in [2.05, 4.69) is 9.47 Å². The largest absolute Gasteiger partial charge is 0.350 e. The summed E-state index contributed by atoms with van der Waals surface area (Å²) in [6.45, 7) is 2.38. The minimum Gasteiger partial charge on any atom is -0.350 e. The molecule has 5 heteroatoms. The summed E-state index contributed by atoms with van der Waals surface area (Å²) in [5, 5.41) is 0.694. The maximum atomic E-state index is 14.6. The van der Waals surface area contributed by atoms with Crippen LogP contribution in [-0.4, -0.2) is 16.0 Å². The number of hydrogen-bond donors (Lipinski definition) is 0. The molecule has 0 N–H and O–H groups in total. The van der Waals surface area contributed by atoms with Crippen molar-refractivity contribution in [3.05, 3.63) is 94.3 Å². The van der Waals surface area contributed by atoms with E-state index in [9.17, 15) is 8.78 Å². The van der Waals surface area contributed by atoms with Gasteiger partial charge in [-0.15, -0.1) is 0 Å². The Bertz CT molecular complexity index is 905. The second-order valence-corrected chi connectivity index (χ2v) is 7.08. The van der Waals surface area contributed by atoms with Gasteiger partial charge in [-0.3, -0.25) is 4.90 Å². The zero-order chi connectivity index (χ0) is 18.1. The van der Waals surface area contributed by atoms with Crippen LogP contribution in [-0.2, 0) is 13.1 Å². The van der Waals surface area contributed by atoms with Crippen LogP contribution in [0.4, 0.5) is 8.78 Å². The van der Waals surface area contributed by atoms with Gasteiger partial charge in [-0.2, -0.15) is 0 Å². The van der Waals surface area contributed by atoms with Gasteiger partial charge in [0, 0.05) is 48.2 Å². The van der Waals surface area contributed by atoms with E-state index in [-0.39, 0.29) is 6.04 Å². The first-order valence-corrected chi connectivity index (χ1v) is 9.08. The quantitative estimate of drug-likeness (QED) is 0.596. The molecule has 1 atom stereocenters. The maximum Gasteiger partial charge on any atom is 0.131 e. The van der Waals surface area contributed by atoms with Gasteiger partial charge in [0.25, 0.3) is 0 Å². The number of nitrogens with zero attached hydrogens (tertiary/aromatic N) is 2. The van der Waals surface area contributed by atoms with Crippen LogP contribution >= 0.6 is 11.6 Å². The van der Waals surface area contributed by atoms with E-state index in [4.69, 9.17) is 11.6 Å². The third-order valence-corrected chi connectivity index (χ3v) is 5.16. The van der Waals surface area contributed by atoms with Gasteiger partial charge >= 0.3 is 0 Å². The summed E-state index contributed by atoms with van der Waals surface area (Å²) in [6.07, 6.45) is 2.99. The number of aromatic nitrogens is 1. The van der Waals surface area contributed by atoms with Gasteiger partial charge < -0.3 is 4.57 Å². The predicted molar refractivity (Wildman–Crippen MR) is 99.1 cm³/mol. The van der Waals surface area contributed by atoms with Gasteiger partial charge in [-0.05, 0) is 42.3 Å². The van der Waals surface area contributed by atoms with E-state index in [1.807, 2.05) is 42.6 Å². The molecule has 1 aliphatic heterocycles. The molecule has 134 valence electrons. The van der Waals surface area contributed by atoms with Crippen LogP contribution in [0.5, 0.6) is 0 Å². The van der Waals surface area contributed by atoms with Crippen LogP contribution in [0.15, 0.2) is 60.8 Å². The molecular weight excluding hydrogens is 354 g/mol. The van der Waals surface area contributed by atoms with Crippen LogP contribution in [0.25, 0.3) is 0 Å². The van der Waals surface area contributed by atoms with Crippen molar-refractivity contribution in [1.82, 2.24) is 9.47 Å². The summed E-state index contributed by atoms with van der Waals surface area (Å²) in [7, 11) is 0. The zero-order valence-corrected chi connectivity index (χ0v) is 15.0. The molecule has 0 saturated carbocycles.